The fourth-order valence-corrected chi connectivity index (χ4v) is 2.60. The molecule has 0 radical (unpaired) electrons. The van der Waals surface area contributed by atoms with Crippen LogP contribution in [0, 0.1) is 0 Å². The molecular formula is C14H20N2O3. The summed E-state index contributed by atoms with van der Waals surface area (Å²) in [5, 5.41) is 9.11. The highest BCUT2D eigenvalue weighted by molar-refractivity contribution is 5.90. The number of piperidine rings is 1. The van der Waals surface area contributed by atoms with Crippen LogP contribution in [0.3, 0.4) is 0 Å². The highest BCUT2D eigenvalue weighted by Crippen LogP contribution is 2.23. The molecule has 1 N–H and O–H groups in total. The summed E-state index contributed by atoms with van der Waals surface area (Å²) >= 11 is 0. The zero-order chi connectivity index (χ0) is 13.8. The van der Waals surface area contributed by atoms with Gasteiger partial charge < -0.3 is 9.84 Å². The Morgan fingerprint density at radius 1 is 1.58 bits per heavy atom. The minimum Gasteiger partial charge on any atom is -0.477 e. The Hall–Kier alpha value is -1.62. The number of hydrogen-bond donors (Lipinski definition) is 1. The van der Waals surface area contributed by atoms with Gasteiger partial charge in [0.1, 0.15) is 11.7 Å². The molecule has 1 aliphatic heterocycles. The Morgan fingerprint density at radius 3 is 3.05 bits per heavy atom. The molecule has 0 saturated carbocycles. The maximum atomic E-state index is 11.1. The smallest absolute Gasteiger partial charge is 0.341 e. The van der Waals surface area contributed by atoms with Crippen molar-refractivity contribution in [3.8, 4) is 5.88 Å². The van der Waals surface area contributed by atoms with E-state index in [-0.39, 0.29) is 17.5 Å². The molecule has 1 aliphatic rings. The lowest BCUT2D eigenvalue weighted by atomic mass is 9.99. The first-order valence-electron chi connectivity index (χ1n) is 6.65. The van der Waals surface area contributed by atoms with E-state index in [4.69, 9.17) is 9.84 Å². The number of rotatable bonds is 4. The molecule has 0 amide bonds. The average molecular weight is 264 g/mol. The summed E-state index contributed by atoms with van der Waals surface area (Å²) in [5.74, 6) is -0.797. The van der Waals surface area contributed by atoms with Crippen molar-refractivity contribution in [2.24, 2.45) is 0 Å². The molecule has 19 heavy (non-hydrogen) atoms. The quantitative estimate of drug-likeness (QED) is 0.901. The van der Waals surface area contributed by atoms with E-state index in [1.807, 2.05) is 6.92 Å². The summed E-state index contributed by atoms with van der Waals surface area (Å²) in [7, 11) is 2.08. The third-order valence-electron chi connectivity index (χ3n) is 3.67. The van der Waals surface area contributed by atoms with E-state index in [0.29, 0.717) is 6.04 Å². The summed E-state index contributed by atoms with van der Waals surface area (Å²) in [5.41, 5.74) is 0.118. The minimum absolute atomic E-state index is 0.0710. The van der Waals surface area contributed by atoms with Crippen LogP contribution in [-0.2, 0) is 0 Å². The number of aromatic carboxylic acids is 1. The number of likely N-dealkylation sites (tertiary alicyclic amines) is 1. The maximum absolute atomic E-state index is 11.1. The molecular weight excluding hydrogens is 244 g/mol. The van der Waals surface area contributed by atoms with Crippen molar-refractivity contribution in [1.29, 1.82) is 0 Å². The molecule has 104 valence electrons. The monoisotopic (exact) mass is 264 g/mol. The first-order chi connectivity index (χ1) is 9.09. The lowest BCUT2D eigenvalue weighted by Crippen LogP contribution is -2.45. The first-order valence-corrected chi connectivity index (χ1v) is 6.65. The number of nitrogens with zero attached hydrogens (tertiary/aromatic N) is 2. The van der Waals surface area contributed by atoms with Gasteiger partial charge in [-0.05, 0) is 45.5 Å². The second-order valence-electron chi connectivity index (χ2n) is 5.03. The van der Waals surface area contributed by atoms with Crippen molar-refractivity contribution in [1.82, 2.24) is 9.88 Å². The second-order valence-corrected chi connectivity index (χ2v) is 5.03. The van der Waals surface area contributed by atoms with Crippen molar-refractivity contribution >= 4 is 5.97 Å². The molecule has 0 aliphatic carbocycles. The molecule has 1 saturated heterocycles. The van der Waals surface area contributed by atoms with Gasteiger partial charge >= 0.3 is 5.97 Å². The van der Waals surface area contributed by atoms with Gasteiger partial charge in [0.15, 0.2) is 0 Å². The minimum atomic E-state index is -1.01. The molecule has 0 spiro atoms. The Balaban J connectivity index is 2.10. The molecule has 2 unspecified atom stereocenters. The first kappa shape index (κ1) is 13.8. The van der Waals surface area contributed by atoms with Crippen LogP contribution in [0.1, 0.15) is 36.5 Å². The zero-order valence-electron chi connectivity index (χ0n) is 11.4. The molecule has 2 atom stereocenters. The normalized spacial score (nSPS) is 21.9. The topological polar surface area (TPSA) is 62.7 Å². The van der Waals surface area contributed by atoms with Gasteiger partial charge in [0.05, 0.1) is 0 Å². The molecule has 1 fully saturated rings. The summed E-state index contributed by atoms with van der Waals surface area (Å²) < 4.78 is 5.78. The Morgan fingerprint density at radius 2 is 2.37 bits per heavy atom. The molecule has 1 aromatic rings. The predicted octanol–water partition coefficient (Wildman–Crippen LogP) is 2.03. The summed E-state index contributed by atoms with van der Waals surface area (Å²) in [6.07, 6.45) is 4.96. The van der Waals surface area contributed by atoms with E-state index in [0.717, 1.165) is 13.0 Å². The zero-order valence-corrected chi connectivity index (χ0v) is 11.4. The SMILES string of the molecule is CC(Oc1ncccc1C(=O)O)C1CCCCN1C. The Kier molecular flexibility index (Phi) is 4.37. The van der Waals surface area contributed by atoms with Gasteiger partial charge in [0.25, 0.3) is 0 Å². The number of carbonyl (C=O) groups is 1. The van der Waals surface area contributed by atoms with E-state index in [1.165, 1.54) is 18.9 Å². The summed E-state index contributed by atoms with van der Waals surface area (Å²) in [6.45, 7) is 3.04. The van der Waals surface area contributed by atoms with Crippen LogP contribution in [0.4, 0.5) is 0 Å². The standard InChI is InChI=1S/C14H20N2O3/c1-10(12-7-3-4-9-16(12)2)19-13-11(14(17)18)6-5-8-15-13/h5-6,8,10,12H,3-4,7,9H2,1-2H3,(H,17,18). The van der Waals surface area contributed by atoms with Crippen molar-refractivity contribution in [3.05, 3.63) is 23.9 Å². The highest BCUT2D eigenvalue weighted by Gasteiger charge is 2.27. The van der Waals surface area contributed by atoms with Gasteiger partial charge in [0, 0.05) is 12.2 Å². The summed E-state index contributed by atoms with van der Waals surface area (Å²) in [6, 6.07) is 3.44. The number of hydrogen-bond acceptors (Lipinski definition) is 4. The highest BCUT2D eigenvalue weighted by atomic mass is 16.5. The lowest BCUT2D eigenvalue weighted by molar-refractivity contribution is 0.0598. The molecule has 5 nitrogen and oxygen atoms in total. The molecule has 2 rings (SSSR count). The number of pyridine rings is 1. The largest absolute Gasteiger partial charge is 0.477 e. The van der Waals surface area contributed by atoms with Crippen LogP contribution in [0.25, 0.3) is 0 Å². The fraction of sp³-hybridized carbons (Fsp3) is 0.571. The van der Waals surface area contributed by atoms with Crippen LogP contribution >= 0.6 is 0 Å². The number of aromatic nitrogens is 1. The van der Waals surface area contributed by atoms with Crippen molar-refractivity contribution in [3.63, 3.8) is 0 Å². The Bertz CT molecular complexity index is 450. The molecule has 2 heterocycles. The van der Waals surface area contributed by atoms with Crippen molar-refractivity contribution in [2.75, 3.05) is 13.6 Å². The number of ether oxygens (including phenoxy) is 1. The van der Waals surface area contributed by atoms with Crippen LogP contribution in [-0.4, -0.2) is 46.7 Å². The average Bonchev–Trinajstić information content (AvgIpc) is 2.39. The molecule has 1 aromatic heterocycles. The van der Waals surface area contributed by atoms with E-state index in [2.05, 4.69) is 16.9 Å². The lowest BCUT2D eigenvalue weighted by Gasteiger charge is -2.36. The fourth-order valence-electron chi connectivity index (χ4n) is 2.60. The molecule has 5 heteroatoms. The van der Waals surface area contributed by atoms with Crippen LogP contribution in [0.2, 0.25) is 0 Å². The number of carboxylic acid groups (broad SMARTS) is 1. The van der Waals surface area contributed by atoms with E-state index in [9.17, 15) is 4.79 Å². The van der Waals surface area contributed by atoms with Gasteiger partial charge in [-0.3, -0.25) is 4.90 Å². The van der Waals surface area contributed by atoms with Crippen molar-refractivity contribution in [2.45, 2.75) is 38.3 Å². The van der Waals surface area contributed by atoms with E-state index < -0.39 is 5.97 Å². The van der Waals surface area contributed by atoms with Gasteiger partial charge in [-0.1, -0.05) is 6.42 Å². The molecule has 0 aromatic carbocycles. The summed E-state index contributed by atoms with van der Waals surface area (Å²) in [4.78, 5) is 17.4. The maximum Gasteiger partial charge on any atom is 0.341 e. The van der Waals surface area contributed by atoms with E-state index in [1.54, 1.807) is 12.3 Å². The molecule has 0 bridgehead atoms. The van der Waals surface area contributed by atoms with E-state index >= 15 is 0 Å². The third-order valence-corrected chi connectivity index (χ3v) is 3.67. The van der Waals surface area contributed by atoms with Crippen LogP contribution in [0.5, 0.6) is 5.88 Å². The second kappa shape index (κ2) is 6.02. The van der Waals surface area contributed by atoms with Gasteiger partial charge in [-0.2, -0.15) is 0 Å². The van der Waals surface area contributed by atoms with Gasteiger partial charge in [0.2, 0.25) is 5.88 Å². The van der Waals surface area contributed by atoms with Crippen molar-refractivity contribution < 1.29 is 14.6 Å². The van der Waals surface area contributed by atoms with Gasteiger partial charge in [-0.15, -0.1) is 0 Å². The number of likely N-dealkylation sites (N-methyl/N-ethyl adjacent to an activating group) is 1. The third kappa shape index (κ3) is 3.23. The van der Waals surface area contributed by atoms with Gasteiger partial charge in [-0.25, -0.2) is 9.78 Å². The van der Waals surface area contributed by atoms with Crippen LogP contribution in [0.15, 0.2) is 18.3 Å². The Labute approximate surface area is 113 Å². The predicted molar refractivity (Wildman–Crippen MR) is 71.6 cm³/mol. The number of carboxylic acids is 1. The van der Waals surface area contributed by atoms with Crippen LogP contribution < -0.4 is 4.74 Å².